The van der Waals surface area contributed by atoms with Gasteiger partial charge in [-0.05, 0) is 62.8 Å². The van der Waals surface area contributed by atoms with E-state index in [1.807, 2.05) is 19.2 Å². The Balaban J connectivity index is 1.38. The van der Waals surface area contributed by atoms with Crippen molar-refractivity contribution in [1.29, 1.82) is 5.26 Å². The third-order valence-corrected chi connectivity index (χ3v) is 8.42. The van der Waals surface area contributed by atoms with Crippen molar-refractivity contribution in [2.45, 2.75) is 57.7 Å². The van der Waals surface area contributed by atoms with Crippen molar-refractivity contribution in [3.05, 3.63) is 58.0 Å². The zero-order chi connectivity index (χ0) is 28.4. The number of aromatic nitrogens is 2. The van der Waals surface area contributed by atoms with Crippen LogP contribution in [0.15, 0.2) is 41.2 Å². The SMILES string of the molecule is Cc1ccc(N(CC2CCOC2)C2CCC(N(C)c3cc(=O)n(C)c4ccc(C#N)nc34)CC2)cc1OC(F)F. The summed E-state index contributed by atoms with van der Waals surface area (Å²) in [7, 11) is 3.70. The topological polar surface area (TPSA) is 83.6 Å². The largest absolute Gasteiger partial charge is 0.434 e. The average molecular weight is 552 g/mol. The van der Waals surface area contributed by atoms with Crippen LogP contribution in [0.2, 0.25) is 0 Å². The fraction of sp³-hybridized carbons (Fsp3) is 0.500. The first-order valence-corrected chi connectivity index (χ1v) is 13.8. The number of alkyl halides is 2. The van der Waals surface area contributed by atoms with Crippen LogP contribution in [0.3, 0.4) is 0 Å². The molecular formula is C30H35F2N5O3. The van der Waals surface area contributed by atoms with Crippen molar-refractivity contribution in [1.82, 2.24) is 9.55 Å². The van der Waals surface area contributed by atoms with Gasteiger partial charge in [-0.3, -0.25) is 4.79 Å². The Kier molecular flexibility index (Phi) is 8.22. The second-order valence-electron chi connectivity index (χ2n) is 10.9. The molecule has 10 heteroatoms. The molecule has 0 spiro atoms. The zero-order valence-corrected chi connectivity index (χ0v) is 23.1. The van der Waals surface area contributed by atoms with Crippen molar-refractivity contribution in [2.24, 2.45) is 13.0 Å². The number of hydrogen-bond donors (Lipinski definition) is 0. The summed E-state index contributed by atoms with van der Waals surface area (Å²) in [4.78, 5) is 21.8. The van der Waals surface area contributed by atoms with Crippen molar-refractivity contribution in [3.63, 3.8) is 0 Å². The lowest BCUT2D eigenvalue weighted by Gasteiger charge is -2.42. The highest BCUT2D eigenvalue weighted by Crippen LogP contribution is 2.36. The molecule has 1 saturated carbocycles. The van der Waals surface area contributed by atoms with E-state index in [0.717, 1.165) is 56.6 Å². The van der Waals surface area contributed by atoms with Gasteiger partial charge in [-0.2, -0.15) is 14.0 Å². The first kappa shape index (κ1) is 27.8. The highest BCUT2D eigenvalue weighted by atomic mass is 19.3. The molecule has 3 aromatic rings. The molecule has 212 valence electrons. The fourth-order valence-electron chi connectivity index (χ4n) is 6.06. The Hall–Kier alpha value is -3.71. The molecule has 0 radical (unpaired) electrons. The molecule has 40 heavy (non-hydrogen) atoms. The van der Waals surface area contributed by atoms with Crippen molar-refractivity contribution >= 4 is 22.4 Å². The van der Waals surface area contributed by atoms with E-state index in [9.17, 15) is 18.8 Å². The Bertz CT molecular complexity index is 1460. The second-order valence-corrected chi connectivity index (χ2v) is 10.9. The van der Waals surface area contributed by atoms with Gasteiger partial charge in [-0.15, -0.1) is 0 Å². The normalized spacial score (nSPS) is 21.0. The van der Waals surface area contributed by atoms with Gasteiger partial charge >= 0.3 is 6.61 Å². The van der Waals surface area contributed by atoms with Gasteiger partial charge in [0.2, 0.25) is 0 Å². The fourth-order valence-corrected chi connectivity index (χ4v) is 6.06. The minimum Gasteiger partial charge on any atom is -0.434 e. The minimum atomic E-state index is -2.87. The third kappa shape index (κ3) is 5.75. The molecule has 1 unspecified atom stereocenters. The van der Waals surface area contributed by atoms with E-state index in [1.54, 1.807) is 42.8 Å². The number of fused-ring (bicyclic) bond motifs is 1. The number of pyridine rings is 2. The number of nitriles is 1. The van der Waals surface area contributed by atoms with E-state index in [-0.39, 0.29) is 23.4 Å². The van der Waals surface area contributed by atoms with Crippen molar-refractivity contribution in [3.8, 4) is 11.8 Å². The van der Waals surface area contributed by atoms with Crippen molar-refractivity contribution < 1.29 is 18.3 Å². The molecule has 5 rings (SSSR count). The maximum absolute atomic E-state index is 13.1. The zero-order valence-electron chi connectivity index (χ0n) is 23.1. The Labute approximate surface area is 232 Å². The molecule has 1 saturated heterocycles. The Morgan fingerprint density at radius 1 is 1.15 bits per heavy atom. The predicted octanol–water partition coefficient (Wildman–Crippen LogP) is 5.01. The molecule has 1 aromatic carbocycles. The summed E-state index contributed by atoms with van der Waals surface area (Å²) in [6.07, 6.45) is 4.57. The maximum Gasteiger partial charge on any atom is 0.387 e. The summed E-state index contributed by atoms with van der Waals surface area (Å²) in [5, 5.41) is 9.40. The Morgan fingerprint density at radius 3 is 2.58 bits per heavy atom. The molecule has 8 nitrogen and oxygen atoms in total. The maximum atomic E-state index is 13.1. The van der Waals surface area contributed by atoms with Crippen LogP contribution in [-0.2, 0) is 11.8 Å². The lowest BCUT2D eigenvalue weighted by molar-refractivity contribution is -0.0502. The number of aryl methyl sites for hydroxylation is 2. The van der Waals surface area contributed by atoms with E-state index in [2.05, 4.69) is 20.9 Å². The standard InChI is InChI=1S/C30H35F2N5O3/c1-19-4-6-24(14-27(19)40-30(31)32)37(17-20-12-13-39-18-20)23-9-7-22(8-10-23)35(2)26-15-28(38)36(3)25-11-5-21(16-33)34-29(25)26/h4-6,11,14-15,20,22-23,30H,7-10,12-13,17-18H2,1-3H3. The smallest absolute Gasteiger partial charge is 0.387 e. The molecule has 3 heterocycles. The van der Waals surface area contributed by atoms with Gasteiger partial charge in [0.1, 0.15) is 23.0 Å². The number of hydrogen-bond acceptors (Lipinski definition) is 7. The number of halogens is 2. The predicted molar refractivity (Wildman–Crippen MR) is 150 cm³/mol. The van der Waals surface area contributed by atoms with Gasteiger partial charge in [-0.1, -0.05) is 6.07 Å². The highest BCUT2D eigenvalue weighted by Gasteiger charge is 2.31. The lowest BCUT2D eigenvalue weighted by Crippen LogP contribution is -2.45. The van der Waals surface area contributed by atoms with E-state index >= 15 is 0 Å². The molecule has 2 fully saturated rings. The summed E-state index contributed by atoms with van der Waals surface area (Å²) in [6, 6.07) is 13.1. The molecule has 1 aliphatic carbocycles. The van der Waals surface area contributed by atoms with Gasteiger partial charge in [-0.25, -0.2) is 4.98 Å². The minimum absolute atomic E-state index is 0.124. The summed E-state index contributed by atoms with van der Waals surface area (Å²) in [6.45, 7) is 1.14. The highest BCUT2D eigenvalue weighted by molar-refractivity contribution is 5.88. The average Bonchev–Trinajstić information content (AvgIpc) is 3.47. The molecule has 0 N–H and O–H groups in total. The first-order valence-electron chi connectivity index (χ1n) is 13.8. The van der Waals surface area contributed by atoms with Crippen LogP contribution >= 0.6 is 0 Å². The molecule has 0 bridgehead atoms. The number of nitrogens with zero attached hydrogens (tertiary/aromatic N) is 5. The van der Waals surface area contributed by atoms with Gasteiger partial charge < -0.3 is 23.8 Å². The van der Waals surface area contributed by atoms with Gasteiger partial charge in [0.05, 0.1) is 17.8 Å². The number of ether oxygens (including phenoxy) is 2. The van der Waals surface area contributed by atoms with Crippen LogP contribution < -0.4 is 20.1 Å². The molecule has 1 atom stereocenters. The van der Waals surface area contributed by atoms with Gasteiger partial charge in [0, 0.05) is 63.1 Å². The lowest BCUT2D eigenvalue weighted by atomic mass is 9.88. The van der Waals surface area contributed by atoms with Crippen LogP contribution in [0.5, 0.6) is 5.75 Å². The van der Waals surface area contributed by atoms with Crippen LogP contribution in [0.25, 0.3) is 11.0 Å². The summed E-state index contributed by atoms with van der Waals surface area (Å²) >= 11 is 0. The van der Waals surface area contributed by atoms with Crippen LogP contribution in [-0.4, -0.2) is 55.1 Å². The van der Waals surface area contributed by atoms with E-state index in [0.29, 0.717) is 34.8 Å². The number of rotatable bonds is 8. The second kappa shape index (κ2) is 11.8. The molecular weight excluding hydrogens is 516 g/mol. The van der Waals surface area contributed by atoms with Crippen LogP contribution in [0.4, 0.5) is 20.2 Å². The van der Waals surface area contributed by atoms with E-state index < -0.39 is 6.61 Å². The summed E-state index contributed by atoms with van der Waals surface area (Å²) < 4.78 is 38.1. The van der Waals surface area contributed by atoms with E-state index in [4.69, 9.17) is 9.47 Å². The van der Waals surface area contributed by atoms with Crippen molar-refractivity contribution in [2.75, 3.05) is 36.6 Å². The van der Waals surface area contributed by atoms with Gasteiger partial charge in [0.15, 0.2) is 0 Å². The monoisotopic (exact) mass is 551 g/mol. The third-order valence-electron chi connectivity index (χ3n) is 8.42. The summed E-state index contributed by atoms with van der Waals surface area (Å²) in [5.74, 6) is 0.587. The molecule has 2 aromatic heterocycles. The van der Waals surface area contributed by atoms with Gasteiger partial charge in [0.25, 0.3) is 5.56 Å². The first-order chi connectivity index (χ1) is 19.2. The number of benzene rings is 1. The summed E-state index contributed by atoms with van der Waals surface area (Å²) in [5.41, 5.74) is 3.80. The number of anilines is 2. The quantitative estimate of drug-likeness (QED) is 0.389. The van der Waals surface area contributed by atoms with E-state index in [1.165, 1.54) is 0 Å². The van der Waals surface area contributed by atoms with Crippen LogP contribution in [0.1, 0.15) is 43.4 Å². The van der Waals surface area contributed by atoms with Crippen LogP contribution in [0, 0.1) is 24.2 Å². The molecule has 1 aliphatic heterocycles. The molecule has 2 aliphatic rings. The Morgan fingerprint density at radius 2 is 1.90 bits per heavy atom. The molecule has 0 amide bonds.